The molecule has 2 fully saturated rings. The van der Waals surface area contributed by atoms with E-state index in [-0.39, 0.29) is 35.8 Å². The maximum Gasteiger partial charge on any atom is 0.411 e. The van der Waals surface area contributed by atoms with Crippen LogP contribution < -0.4 is 16.4 Å². The third kappa shape index (κ3) is 9.20. The van der Waals surface area contributed by atoms with Crippen LogP contribution in [-0.4, -0.2) is 79.5 Å². The van der Waals surface area contributed by atoms with E-state index in [1.54, 1.807) is 12.1 Å². The lowest BCUT2D eigenvalue weighted by Gasteiger charge is -2.31. The van der Waals surface area contributed by atoms with Gasteiger partial charge in [0.2, 0.25) is 5.91 Å². The van der Waals surface area contributed by atoms with Crippen molar-refractivity contribution in [3.8, 4) is 11.1 Å². The van der Waals surface area contributed by atoms with Gasteiger partial charge in [-0.3, -0.25) is 19.8 Å². The number of primary amides is 1. The quantitative estimate of drug-likeness (QED) is 0.200. The molecule has 0 saturated carbocycles. The summed E-state index contributed by atoms with van der Waals surface area (Å²) in [6, 6.07) is 22.4. The second-order valence-electron chi connectivity index (χ2n) is 11.8. The minimum absolute atomic E-state index is 0.0566. The summed E-state index contributed by atoms with van der Waals surface area (Å²) >= 11 is 0. The molecule has 0 radical (unpaired) electrons. The molecule has 3 aromatic rings. The number of ketones is 1. The van der Waals surface area contributed by atoms with Gasteiger partial charge in [0.25, 0.3) is 0 Å². The first-order valence-corrected chi connectivity index (χ1v) is 15.7. The lowest BCUT2D eigenvalue weighted by Crippen LogP contribution is -2.42. The highest BCUT2D eigenvalue weighted by molar-refractivity contribution is 5.98. The summed E-state index contributed by atoms with van der Waals surface area (Å²) in [4.78, 5) is 41.2. The Morgan fingerprint density at radius 2 is 1.56 bits per heavy atom. The Balaban J connectivity index is 0.982. The van der Waals surface area contributed by atoms with E-state index in [2.05, 4.69) is 20.4 Å². The fourth-order valence-corrected chi connectivity index (χ4v) is 6.05. The van der Waals surface area contributed by atoms with Gasteiger partial charge in [0, 0.05) is 44.2 Å². The molecule has 45 heavy (non-hydrogen) atoms. The molecular formula is C35H42FN5O4. The number of nitrogens with two attached hydrogens (primary N) is 1. The molecule has 4 N–H and O–H groups in total. The van der Waals surface area contributed by atoms with Crippen molar-refractivity contribution in [1.29, 1.82) is 0 Å². The van der Waals surface area contributed by atoms with Crippen LogP contribution in [0, 0.1) is 11.7 Å². The second kappa shape index (κ2) is 15.7. The van der Waals surface area contributed by atoms with E-state index < -0.39 is 11.9 Å². The number of carbonyl (C=O) groups is 3. The summed E-state index contributed by atoms with van der Waals surface area (Å²) in [7, 11) is 0. The molecule has 5 rings (SSSR count). The van der Waals surface area contributed by atoms with E-state index in [1.807, 2.05) is 54.6 Å². The van der Waals surface area contributed by atoms with E-state index in [0.717, 1.165) is 62.3 Å². The van der Waals surface area contributed by atoms with Crippen molar-refractivity contribution < 1.29 is 23.5 Å². The fraction of sp³-hybridized carbons (Fsp3) is 0.400. The second-order valence-corrected chi connectivity index (χ2v) is 11.8. The number of rotatable bonds is 12. The van der Waals surface area contributed by atoms with Crippen LogP contribution in [0.5, 0.6) is 0 Å². The van der Waals surface area contributed by atoms with Gasteiger partial charge in [-0.2, -0.15) is 0 Å². The molecule has 3 aromatic carbocycles. The van der Waals surface area contributed by atoms with E-state index in [9.17, 15) is 18.8 Å². The maximum atomic E-state index is 14.8. The van der Waals surface area contributed by atoms with Crippen molar-refractivity contribution in [1.82, 2.24) is 15.1 Å². The van der Waals surface area contributed by atoms with Gasteiger partial charge in [0.05, 0.1) is 17.8 Å². The summed E-state index contributed by atoms with van der Waals surface area (Å²) in [5.74, 6) is -1.14. The van der Waals surface area contributed by atoms with Crippen LogP contribution in [0.4, 0.5) is 14.9 Å². The number of piperidine rings is 2. The third-order valence-corrected chi connectivity index (χ3v) is 8.68. The van der Waals surface area contributed by atoms with Crippen molar-refractivity contribution in [3.63, 3.8) is 0 Å². The molecule has 2 aliphatic rings. The van der Waals surface area contributed by atoms with Crippen molar-refractivity contribution in [2.24, 2.45) is 11.7 Å². The Kier molecular flexibility index (Phi) is 11.3. The zero-order chi connectivity index (χ0) is 31.6. The first-order chi connectivity index (χ1) is 21.9. The number of ether oxygens (including phenoxy) is 1. The zero-order valence-corrected chi connectivity index (χ0v) is 25.6. The summed E-state index contributed by atoms with van der Waals surface area (Å²) in [6.07, 6.45) is 2.28. The SMILES string of the molecule is NC(=O)C1CCN(Cc2ccc(C(=O)CNCCN3CCC(OC(=O)Nc4ccccc4-c4ccccc4)CC3)c(F)c2)CC1. The van der Waals surface area contributed by atoms with Crippen LogP contribution in [0.1, 0.15) is 41.6 Å². The largest absolute Gasteiger partial charge is 0.446 e. The molecule has 2 heterocycles. The summed E-state index contributed by atoms with van der Waals surface area (Å²) in [5, 5.41) is 6.05. The molecular weight excluding hydrogens is 573 g/mol. The zero-order valence-electron chi connectivity index (χ0n) is 25.6. The number of hydrogen-bond donors (Lipinski definition) is 3. The molecule has 0 aromatic heterocycles. The normalized spacial score (nSPS) is 16.7. The topological polar surface area (TPSA) is 117 Å². The van der Waals surface area contributed by atoms with Crippen molar-refractivity contribution in [3.05, 3.63) is 89.7 Å². The van der Waals surface area contributed by atoms with Gasteiger partial charge >= 0.3 is 6.09 Å². The van der Waals surface area contributed by atoms with Gasteiger partial charge in [-0.15, -0.1) is 0 Å². The van der Waals surface area contributed by atoms with Crippen LogP contribution in [0.25, 0.3) is 11.1 Å². The lowest BCUT2D eigenvalue weighted by atomic mass is 9.96. The van der Waals surface area contributed by atoms with Crippen LogP contribution in [0.15, 0.2) is 72.8 Å². The monoisotopic (exact) mass is 615 g/mol. The predicted molar refractivity (Wildman–Crippen MR) is 172 cm³/mol. The Hall–Kier alpha value is -4.12. The van der Waals surface area contributed by atoms with Crippen molar-refractivity contribution in [2.45, 2.75) is 38.3 Å². The lowest BCUT2D eigenvalue weighted by molar-refractivity contribution is -0.123. The van der Waals surface area contributed by atoms with Gasteiger partial charge in [-0.05, 0) is 68.1 Å². The number of Topliss-reactive ketones (excluding diaryl/α,β-unsaturated/α-hetero) is 1. The molecule has 0 unspecified atom stereocenters. The highest BCUT2D eigenvalue weighted by Gasteiger charge is 2.24. The van der Waals surface area contributed by atoms with E-state index in [1.165, 1.54) is 6.07 Å². The average molecular weight is 616 g/mol. The van der Waals surface area contributed by atoms with Crippen LogP contribution in [-0.2, 0) is 16.1 Å². The Labute approximate surface area is 263 Å². The highest BCUT2D eigenvalue weighted by Crippen LogP contribution is 2.28. The summed E-state index contributed by atoms with van der Waals surface area (Å²) in [6.45, 7) is 5.01. The number of anilines is 1. The molecule has 0 aliphatic carbocycles. The van der Waals surface area contributed by atoms with Gasteiger partial charge in [-0.25, -0.2) is 9.18 Å². The molecule has 0 bridgehead atoms. The van der Waals surface area contributed by atoms with E-state index in [4.69, 9.17) is 10.5 Å². The average Bonchev–Trinajstić information content (AvgIpc) is 3.05. The number of halogens is 1. The molecule has 238 valence electrons. The Morgan fingerprint density at radius 1 is 0.867 bits per heavy atom. The number of amides is 2. The number of nitrogens with one attached hydrogen (secondary N) is 2. The molecule has 10 heteroatoms. The first-order valence-electron chi connectivity index (χ1n) is 15.7. The van der Waals surface area contributed by atoms with Crippen LogP contribution in [0.2, 0.25) is 0 Å². The number of para-hydroxylation sites is 1. The maximum absolute atomic E-state index is 14.8. The first kappa shape index (κ1) is 32.3. The third-order valence-electron chi connectivity index (χ3n) is 8.68. The highest BCUT2D eigenvalue weighted by atomic mass is 19.1. The van der Waals surface area contributed by atoms with Gasteiger partial charge in [-0.1, -0.05) is 54.6 Å². The standard InChI is InChI=1S/C35H42FN5O4/c36-31-22-25(24-41-17-12-27(13-18-41)34(37)43)10-11-30(31)33(42)23-38-16-21-40-19-14-28(15-20-40)45-35(44)39-32-9-5-4-8-29(32)26-6-2-1-3-7-26/h1-11,22,27-28,38H,12-21,23-24H2,(H2,37,43)(H,39,44). The fourth-order valence-electron chi connectivity index (χ4n) is 6.05. The van der Waals surface area contributed by atoms with Crippen molar-refractivity contribution in [2.75, 3.05) is 51.1 Å². The number of hydrogen-bond acceptors (Lipinski definition) is 7. The van der Waals surface area contributed by atoms with Gasteiger partial charge < -0.3 is 20.7 Å². The number of carbonyl (C=O) groups excluding carboxylic acids is 3. The van der Waals surface area contributed by atoms with E-state index >= 15 is 0 Å². The van der Waals surface area contributed by atoms with Gasteiger partial charge in [0.15, 0.2) is 5.78 Å². The Bertz CT molecular complexity index is 1450. The number of nitrogens with zero attached hydrogens (tertiary/aromatic N) is 2. The van der Waals surface area contributed by atoms with E-state index in [0.29, 0.717) is 31.6 Å². The Morgan fingerprint density at radius 3 is 2.27 bits per heavy atom. The minimum Gasteiger partial charge on any atom is -0.446 e. The van der Waals surface area contributed by atoms with Crippen molar-refractivity contribution >= 4 is 23.5 Å². The molecule has 2 saturated heterocycles. The predicted octanol–water partition coefficient (Wildman–Crippen LogP) is 4.68. The summed E-state index contributed by atoms with van der Waals surface area (Å²) in [5.41, 5.74) is 8.96. The summed E-state index contributed by atoms with van der Waals surface area (Å²) < 4.78 is 20.5. The molecule has 0 spiro atoms. The minimum atomic E-state index is -0.513. The van der Waals surface area contributed by atoms with Crippen LogP contribution >= 0.6 is 0 Å². The van der Waals surface area contributed by atoms with Gasteiger partial charge in [0.1, 0.15) is 11.9 Å². The molecule has 2 amide bonds. The smallest absolute Gasteiger partial charge is 0.411 e. The molecule has 0 atom stereocenters. The molecule has 2 aliphatic heterocycles. The molecule has 9 nitrogen and oxygen atoms in total. The van der Waals surface area contributed by atoms with Crippen LogP contribution in [0.3, 0.4) is 0 Å². The number of likely N-dealkylation sites (tertiary alicyclic amines) is 2. The number of benzene rings is 3.